The standard InChI is InChI=1S/C21H19N3O3/c1-13-17(6-8-23-21(13)25)24-14(2)15-5-7-22-18(11-15)16-3-4-19-20(12-16)27-10-9-26-19/h3-5,7,9-12,24H,2,6,8H2,1H3,(H,23,25). The molecule has 6 nitrogen and oxygen atoms in total. The first-order valence-corrected chi connectivity index (χ1v) is 8.65. The smallest absolute Gasteiger partial charge is 0.248 e. The van der Waals surface area contributed by atoms with E-state index in [9.17, 15) is 4.79 Å². The minimum Gasteiger partial charge on any atom is -0.458 e. The van der Waals surface area contributed by atoms with Crippen LogP contribution in [0.5, 0.6) is 11.5 Å². The van der Waals surface area contributed by atoms with E-state index < -0.39 is 0 Å². The first kappa shape index (κ1) is 16.9. The Morgan fingerprint density at radius 2 is 2.00 bits per heavy atom. The van der Waals surface area contributed by atoms with Gasteiger partial charge in [-0.25, -0.2) is 0 Å². The summed E-state index contributed by atoms with van der Waals surface area (Å²) in [4.78, 5) is 16.3. The summed E-state index contributed by atoms with van der Waals surface area (Å²) in [7, 11) is 0. The largest absolute Gasteiger partial charge is 0.458 e. The van der Waals surface area contributed by atoms with Gasteiger partial charge in [-0.3, -0.25) is 9.78 Å². The van der Waals surface area contributed by atoms with Crippen LogP contribution < -0.4 is 20.1 Å². The molecular weight excluding hydrogens is 342 g/mol. The Kier molecular flexibility index (Phi) is 4.38. The molecule has 1 aromatic heterocycles. The summed E-state index contributed by atoms with van der Waals surface area (Å²) < 4.78 is 10.9. The van der Waals surface area contributed by atoms with Crippen molar-refractivity contribution in [1.82, 2.24) is 15.6 Å². The SMILES string of the molecule is C=C(NC1=C(C)C(=O)NCC1)c1ccnc(-c2ccc3c(c2)OC=CO3)c1. The van der Waals surface area contributed by atoms with Crippen molar-refractivity contribution in [3.05, 3.63) is 72.5 Å². The topological polar surface area (TPSA) is 72.5 Å². The van der Waals surface area contributed by atoms with E-state index in [2.05, 4.69) is 22.2 Å². The maximum Gasteiger partial charge on any atom is 0.248 e. The van der Waals surface area contributed by atoms with Gasteiger partial charge in [0.05, 0.1) is 5.69 Å². The molecule has 2 N–H and O–H groups in total. The maximum absolute atomic E-state index is 11.8. The average molecular weight is 361 g/mol. The Labute approximate surface area is 157 Å². The molecule has 0 aliphatic carbocycles. The van der Waals surface area contributed by atoms with Gasteiger partial charge in [0.15, 0.2) is 11.5 Å². The number of ether oxygens (including phenoxy) is 2. The van der Waals surface area contributed by atoms with Gasteiger partial charge < -0.3 is 20.1 Å². The number of hydrogen-bond acceptors (Lipinski definition) is 5. The van der Waals surface area contributed by atoms with E-state index in [-0.39, 0.29) is 5.91 Å². The molecule has 0 radical (unpaired) electrons. The van der Waals surface area contributed by atoms with Gasteiger partial charge in [0, 0.05) is 47.3 Å². The fourth-order valence-corrected chi connectivity index (χ4v) is 3.00. The highest BCUT2D eigenvalue weighted by molar-refractivity contribution is 5.94. The molecule has 0 saturated heterocycles. The minimum atomic E-state index is -0.0442. The van der Waals surface area contributed by atoms with Gasteiger partial charge in [0.25, 0.3) is 0 Å². The minimum absolute atomic E-state index is 0.0442. The Bertz CT molecular complexity index is 992. The van der Waals surface area contributed by atoms with E-state index in [1.54, 1.807) is 6.20 Å². The quantitative estimate of drug-likeness (QED) is 0.874. The number of nitrogens with one attached hydrogen (secondary N) is 2. The van der Waals surface area contributed by atoms with Gasteiger partial charge in [0.2, 0.25) is 5.91 Å². The zero-order valence-corrected chi connectivity index (χ0v) is 14.9. The van der Waals surface area contributed by atoms with Crippen molar-refractivity contribution in [1.29, 1.82) is 0 Å². The van der Waals surface area contributed by atoms with Crippen LogP contribution in [0.2, 0.25) is 0 Å². The average Bonchev–Trinajstić information content (AvgIpc) is 2.71. The summed E-state index contributed by atoms with van der Waals surface area (Å²) in [5.74, 6) is 1.27. The van der Waals surface area contributed by atoms with Gasteiger partial charge in [-0.15, -0.1) is 0 Å². The van der Waals surface area contributed by atoms with Gasteiger partial charge in [0.1, 0.15) is 12.5 Å². The number of nitrogens with zero attached hydrogens (tertiary/aromatic N) is 1. The molecule has 0 spiro atoms. The Hall–Kier alpha value is -3.54. The van der Waals surface area contributed by atoms with Crippen LogP contribution in [0.15, 0.2) is 66.9 Å². The Morgan fingerprint density at radius 3 is 2.85 bits per heavy atom. The lowest BCUT2D eigenvalue weighted by Gasteiger charge is -2.21. The first-order chi connectivity index (χ1) is 13.1. The molecule has 0 bridgehead atoms. The third kappa shape index (κ3) is 3.42. The number of fused-ring (bicyclic) bond motifs is 1. The van der Waals surface area contributed by atoms with E-state index in [4.69, 9.17) is 9.47 Å². The Morgan fingerprint density at radius 1 is 1.19 bits per heavy atom. The second kappa shape index (κ2) is 6.99. The van der Waals surface area contributed by atoms with E-state index >= 15 is 0 Å². The van der Waals surface area contributed by atoms with Crippen LogP contribution in [-0.2, 0) is 4.79 Å². The second-order valence-corrected chi connectivity index (χ2v) is 6.31. The molecule has 0 fully saturated rings. The second-order valence-electron chi connectivity index (χ2n) is 6.31. The predicted octanol–water partition coefficient (Wildman–Crippen LogP) is 3.35. The van der Waals surface area contributed by atoms with Crippen LogP contribution in [0, 0.1) is 0 Å². The Balaban J connectivity index is 1.59. The molecule has 4 rings (SSSR count). The molecule has 6 heteroatoms. The van der Waals surface area contributed by atoms with E-state index in [0.717, 1.165) is 34.6 Å². The number of pyridine rings is 1. The van der Waals surface area contributed by atoms with Gasteiger partial charge in [-0.1, -0.05) is 6.58 Å². The molecule has 0 saturated carbocycles. The molecule has 1 amide bonds. The molecule has 136 valence electrons. The first-order valence-electron chi connectivity index (χ1n) is 8.65. The summed E-state index contributed by atoms with van der Waals surface area (Å²) in [5, 5.41) is 6.11. The zero-order valence-electron chi connectivity index (χ0n) is 14.9. The molecule has 2 aliphatic rings. The summed E-state index contributed by atoms with van der Waals surface area (Å²) in [5.41, 5.74) is 4.92. The third-order valence-electron chi connectivity index (χ3n) is 4.55. The molecular formula is C21H19N3O3. The number of hydrogen-bond donors (Lipinski definition) is 2. The van der Waals surface area contributed by atoms with Gasteiger partial charge in [-0.05, 0) is 37.3 Å². The van der Waals surface area contributed by atoms with Crippen LogP contribution >= 0.6 is 0 Å². The molecule has 2 aliphatic heterocycles. The lowest BCUT2D eigenvalue weighted by atomic mass is 10.1. The van der Waals surface area contributed by atoms with E-state index in [0.29, 0.717) is 23.6 Å². The molecule has 3 heterocycles. The zero-order chi connectivity index (χ0) is 18.8. The van der Waals surface area contributed by atoms with Crippen molar-refractivity contribution in [2.75, 3.05) is 6.54 Å². The van der Waals surface area contributed by atoms with Crippen molar-refractivity contribution >= 4 is 11.6 Å². The lowest BCUT2D eigenvalue weighted by molar-refractivity contribution is -0.117. The fraction of sp³-hybridized carbons (Fsp3) is 0.143. The van der Waals surface area contributed by atoms with Crippen LogP contribution in [-0.4, -0.2) is 17.4 Å². The summed E-state index contributed by atoms with van der Waals surface area (Å²) in [6.07, 6.45) is 5.49. The van der Waals surface area contributed by atoms with Crippen molar-refractivity contribution in [2.24, 2.45) is 0 Å². The van der Waals surface area contributed by atoms with Crippen molar-refractivity contribution < 1.29 is 14.3 Å². The lowest BCUT2D eigenvalue weighted by Crippen LogP contribution is -2.34. The van der Waals surface area contributed by atoms with Crippen molar-refractivity contribution in [3.63, 3.8) is 0 Å². The number of benzene rings is 1. The number of carbonyl (C=O) groups is 1. The highest BCUT2D eigenvalue weighted by atomic mass is 16.5. The monoisotopic (exact) mass is 361 g/mol. The molecule has 0 atom stereocenters. The number of amides is 1. The molecule has 27 heavy (non-hydrogen) atoms. The van der Waals surface area contributed by atoms with E-state index in [1.807, 2.05) is 37.3 Å². The molecule has 2 aromatic rings. The van der Waals surface area contributed by atoms with Gasteiger partial charge >= 0.3 is 0 Å². The highest BCUT2D eigenvalue weighted by Crippen LogP contribution is 2.34. The number of aromatic nitrogens is 1. The molecule has 0 unspecified atom stereocenters. The maximum atomic E-state index is 11.8. The summed E-state index contributed by atoms with van der Waals surface area (Å²) in [6, 6.07) is 9.51. The number of rotatable bonds is 4. The third-order valence-corrected chi connectivity index (χ3v) is 4.55. The molecule has 1 aromatic carbocycles. The van der Waals surface area contributed by atoms with Gasteiger partial charge in [-0.2, -0.15) is 0 Å². The van der Waals surface area contributed by atoms with Crippen LogP contribution in [0.3, 0.4) is 0 Å². The highest BCUT2D eigenvalue weighted by Gasteiger charge is 2.17. The predicted molar refractivity (Wildman–Crippen MR) is 103 cm³/mol. The van der Waals surface area contributed by atoms with Crippen molar-refractivity contribution in [3.8, 4) is 22.8 Å². The normalized spacial score (nSPS) is 15.4. The summed E-state index contributed by atoms with van der Waals surface area (Å²) >= 11 is 0. The van der Waals surface area contributed by atoms with Crippen LogP contribution in [0.25, 0.3) is 17.0 Å². The van der Waals surface area contributed by atoms with Crippen LogP contribution in [0.4, 0.5) is 0 Å². The number of carbonyl (C=O) groups excluding carboxylic acids is 1. The summed E-state index contributed by atoms with van der Waals surface area (Å²) in [6.45, 7) is 6.56. The fourth-order valence-electron chi connectivity index (χ4n) is 3.00. The van der Waals surface area contributed by atoms with Crippen molar-refractivity contribution in [2.45, 2.75) is 13.3 Å². The van der Waals surface area contributed by atoms with Crippen LogP contribution in [0.1, 0.15) is 18.9 Å². The van der Waals surface area contributed by atoms with E-state index in [1.165, 1.54) is 12.5 Å².